The first-order valence-corrected chi connectivity index (χ1v) is 9.54. The Hall–Kier alpha value is -3.07. The Labute approximate surface area is 163 Å². The molecule has 0 aromatic carbocycles. The zero-order valence-corrected chi connectivity index (χ0v) is 15.8. The lowest BCUT2D eigenvalue weighted by Crippen LogP contribution is -2.47. The van der Waals surface area contributed by atoms with Gasteiger partial charge < -0.3 is 14.5 Å². The Morgan fingerprint density at radius 2 is 1.71 bits per heavy atom. The number of ether oxygens (including phenoxy) is 1. The van der Waals surface area contributed by atoms with Gasteiger partial charge in [-0.1, -0.05) is 0 Å². The number of anilines is 2. The molecule has 9 nitrogen and oxygen atoms in total. The van der Waals surface area contributed by atoms with Crippen LogP contribution in [0.25, 0.3) is 5.82 Å². The van der Waals surface area contributed by atoms with Gasteiger partial charge in [-0.2, -0.15) is 10.2 Å². The van der Waals surface area contributed by atoms with Crippen LogP contribution in [-0.2, 0) is 17.8 Å². The minimum Gasteiger partial charge on any atom is -0.376 e. The number of aromatic nitrogens is 6. The van der Waals surface area contributed by atoms with Crippen LogP contribution < -0.4 is 9.80 Å². The number of rotatable bonds is 3. The van der Waals surface area contributed by atoms with E-state index in [2.05, 4.69) is 41.1 Å². The maximum absolute atomic E-state index is 5.55. The number of piperazine rings is 1. The van der Waals surface area contributed by atoms with Crippen molar-refractivity contribution in [1.82, 2.24) is 29.9 Å². The molecule has 5 rings (SSSR count). The van der Waals surface area contributed by atoms with Gasteiger partial charge in [-0.25, -0.2) is 14.6 Å². The maximum atomic E-state index is 5.55. The molecule has 5 heterocycles. The van der Waals surface area contributed by atoms with Crippen molar-refractivity contribution in [2.75, 3.05) is 42.6 Å². The van der Waals surface area contributed by atoms with Gasteiger partial charge in [-0.05, 0) is 19.1 Å². The second kappa shape index (κ2) is 7.16. The van der Waals surface area contributed by atoms with E-state index in [1.165, 1.54) is 0 Å². The highest BCUT2D eigenvalue weighted by Crippen LogP contribution is 2.22. The topological polar surface area (TPSA) is 85.1 Å². The summed E-state index contributed by atoms with van der Waals surface area (Å²) in [7, 11) is 0. The summed E-state index contributed by atoms with van der Waals surface area (Å²) in [6.07, 6.45) is 4.36. The van der Waals surface area contributed by atoms with Crippen LogP contribution in [0.1, 0.15) is 17.0 Å². The highest BCUT2D eigenvalue weighted by molar-refractivity contribution is 5.48. The molecule has 0 unspecified atom stereocenters. The summed E-state index contributed by atoms with van der Waals surface area (Å²) in [6.45, 7) is 6.80. The molecular formula is C19H22N8O. The van der Waals surface area contributed by atoms with Crippen molar-refractivity contribution >= 4 is 11.6 Å². The van der Waals surface area contributed by atoms with Crippen molar-refractivity contribution in [3.63, 3.8) is 0 Å². The van der Waals surface area contributed by atoms with Crippen molar-refractivity contribution in [3.05, 3.63) is 47.7 Å². The number of hydrogen-bond acceptors (Lipinski definition) is 8. The van der Waals surface area contributed by atoms with E-state index >= 15 is 0 Å². The van der Waals surface area contributed by atoms with Crippen LogP contribution >= 0.6 is 0 Å². The molecule has 0 spiro atoms. The highest BCUT2D eigenvalue weighted by atomic mass is 16.5. The largest absolute Gasteiger partial charge is 0.376 e. The van der Waals surface area contributed by atoms with E-state index in [4.69, 9.17) is 4.74 Å². The van der Waals surface area contributed by atoms with Gasteiger partial charge in [0.1, 0.15) is 12.1 Å². The first-order chi connectivity index (χ1) is 13.8. The molecular weight excluding hydrogens is 356 g/mol. The van der Waals surface area contributed by atoms with Crippen LogP contribution in [0.4, 0.5) is 11.6 Å². The third kappa shape index (κ3) is 3.29. The number of aryl methyl sites for hydroxylation is 1. The van der Waals surface area contributed by atoms with Gasteiger partial charge >= 0.3 is 0 Å². The average molecular weight is 378 g/mol. The van der Waals surface area contributed by atoms with E-state index in [-0.39, 0.29) is 0 Å². The van der Waals surface area contributed by atoms with E-state index in [9.17, 15) is 0 Å². The van der Waals surface area contributed by atoms with Crippen LogP contribution in [-0.4, -0.2) is 62.7 Å². The molecule has 28 heavy (non-hydrogen) atoms. The Kier molecular flexibility index (Phi) is 4.36. The van der Waals surface area contributed by atoms with Crippen LogP contribution in [0.5, 0.6) is 0 Å². The Morgan fingerprint density at radius 3 is 2.50 bits per heavy atom. The minimum absolute atomic E-state index is 0.633. The van der Waals surface area contributed by atoms with Gasteiger partial charge in [0.15, 0.2) is 11.6 Å². The maximum Gasteiger partial charge on any atom is 0.158 e. The standard InChI is InChI=1S/C19H22N8O/c1-14-2-4-27(24-14)18-11-17(20-13-21-18)25-5-7-26(8-6-25)19-10-15-12-28-9-3-16(15)22-23-19/h2,4,10-11,13H,3,5-9,12H2,1H3. The van der Waals surface area contributed by atoms with Gasteiger partial charge in [-0.3, -0.25) is 0 Å². The first kappa shape index (κ1) is 17.1. The summed E-state index contributed by atoms with van der Waals surface area (Å²) in [5.74, 6) is 2.63. The SMILES string of the molecule is Cc1ccn(-c2cc(N3CCN(c4cc5c(nn4)CCOC5)CC3)ncn2)n1. The molecule has 1 saturated heterocycles. The van der Waals surface area contributed by atoms with E-state index in [1.54, 1.807) is 11.0 Å². The summed E-state index contributed by atoms with van der Waals surface area (Å²) in [5.41, 5.74) is 3.19. The average Bonchev–Trinajstić information content (AvgIpc) is 3.20. The molecule has 0 radical (unpaired) electrons. The van der Waals surface area contributed by atoms with Crippen LogP contribution in [0.2, 0.25) is 0 Å². The Balaban J connectivity index is 1.28. The van der Waals surface area contributed by atoms with Crippen molar-refractivity contribution in [2.45, 2.75) is 20.0 Å². The minimum atomic E-state index is 0.633. The second-order valence-electron chi connectivity index (χ2n) is 7.09. The molecule has 3 aromatic heterocycles. The fourth-order valence-corrected chi connectivity index (χ4v) is 3.63. The molecule has 3 aromatic rings. The molecule has 0 N–H and O–H groups in total. The summed E-state index contributed by atoms with van der Waals surface area (Å²) < 4.78 is 7.33. The first-order valence-electron chi connectivity index (χ1n) is 9.54. The lowest BCUT2D eigenvalue weighted by atomic mass is 10.1. The van der Waals surface area contributed by atoms with E-state index < -0.39 is 0 Å². The molecule has 2 aliphatic heterocycles. The summed E-state index contributed by atoms with van der Waals surface area (Å²) in [5, 5.41) is 13.3. The summed E-state index contributed by atoms with van der Waals surface area (Å²) in [4.78, 5) is 13.4. The van der Waals surface area contributed by atoms with Crippen LogP contribution in [0.15, 0.2) is 30.7 Å². The molecule has 0 aliphatic carbocycles. The molecule has 9 heteroatoms. The highest BCUT2D eigenvalue weighted by Gasteiger charge is 2.22. The smallest absolute Gasteiger partial charge is 0.158 e. The summed E-state index contributed by atoms with van der Waals surface area (Å²) in [6, 6.07) is 6.07. The monoisotopic (exact) mass is 378 g/mol. The van der Waals surface area contributed by atoms with Crippen molar-refractivity contribution in [2.24, 2.45) is 0 Å². The predicted octanol–water partition coefficient (Wildman–Crippen LogP) is 1.16. The molecule has 0 bridgehead atoms. The zero-order valence-electron chi connectivity index (χ0n) is 15.8. The van der Waals surface area contributed by atoms with Crippen molar-refractivity contribution in [3.8, 4) is 5.82 Å². The number of nitrogens with zero attached hydrogens (tertiary/aromatic N) is 8. The predicted molar refractivity (Wildman–Crippen MR) is 104 cm³/mol. The normalized spacial score (nSPS) is 16.9. The second-order valence-corrected chi connectivity index (χ2v) is 7.09. The Morgan fingerprint density at radius 1 is 0.929 bits per heavy atom. The molecule has 0 saturated carbocycles. The molecule has 2 aliphatic rings. The fourth-order valence-electron chi connectivity index (χ4n) is 3.63. The molecule has 144 valence electrons. The Bertz CT molecular complexity index is 980. The van der Waals surface area contributed by atoms with Gasteiger partial charge in [0.05, 0.1) is 24.6 Å². The van der Waals surface area contributed by atoms with Crippen LogP contribution in [0.3, 0.4) is 0 Å². The lowest BCUT2D eigenvalue weighted by molar-refractivity contribution is 0.109. The van der Waals surface area contributed by atoms with Gasteiger partial charge in [0, 0.05) is 50.4 Å². The van der Waals surface area contributed by atoms with E-state index in [1.807, 2.05) is 25.3 Å². The summed E-state index contributed by atoms with van der Waals surface area (Å²) >= 11 is 0. The number of hydrogen-bond donors (Lipinski definition) is 0. The van der Waals surface area contributed by atoms with Crippen molar-refractivity contribution < 1.29 is 4.74 Å². The fraction of sp³-hybridized carbons (Fsp3) is 0.421. The number of fused-ring (bicyclic) bond motifs is 1. The quantitative estimate of drug-likeness (QED) is 0.671. The van der Waals surface area contributed by atoms with E-state index in [0.29, 0.717) is 6.61 Å². The van der Waals surface area contributed by atoms with Crippen LogP contribution in [0, 0.1) is 6.92 Å². The lowest BCUT2D eigenvalue weighted by Gasteiger charge is -2.36. The molecule has 1 fully saturated rings. The van der Waals surface area contributed by atoms with Crippen molar-refractivity contribution in [1.29, 1.82) is 0 Å². The third-order valence-corrected chi connectivity index (χ3v) is 5.21. The van der Waals surface area contributed by atoms with Gasteiger partial charge in [-0.15, -0.1) is 5.10 Å². The van der Waals surface area contributed by atoms with Gasteiger partial charge in [0.25, 0.3) is 0 Å². The molecule has 0 amide bonds. The zero-order chi connectivity index (χ0) is 18.9. The molecule has 0 atom stereocenters. The van der Waals surface area contributed by atoms with E-state index in [0.717, 1.165) is 73.6 Å². The van der Waals surface area contributed by atoms with Gasteiger partial charge in [0.2, 0.25) is 0 Å². The third-order valence-electron chi connectivity index (χ3n) is 5.21.